The van der Waals surface area contributed by atoms with E-state index >= 15 is 0 Å². The summed E-state index contributed by atoms with van der Waals surface area (Å²) in [6, 6.07) is 0. The van der Waals surface area contributed by atoms with Gasteiger partial charge in [0.15, 0.2) is 0 Å². The number of aliphatic hydroxyl groups excluding tert-OH is 4. The van der Waals surface area contributed by atoms with Crippen LogP contribution in [0.1, 0.15) is 6.42 Å². The minimum absolute atomic E-state index is 0.329. The average Bonchev–Trinajstić information content (AvgIpc) is 2.31. The fourth-order valence-electron chi connectivity index (χ4n) is 2.34. The number of aliphatic hydroxyl groups is 4. The lowest BCUT2D eigenvalue weighted by molar-refractivity contribution is -0.0606. The van der Waals surface area contributed by atoms with Crippen LogP contribution < -0.4 is 0 Å². The first-order chi connectivity index (χ1) is 5.13. The normalized spacial score (nSPS) is 62.2. The lowest BCUT2D eigenvalue weighted by Crippen LogP contribution is -2.39. The van der Waals surface area contributed by atoms with Crippen LogP contribution >= 0.6 is 0 Å². The van der Waals surface area contributed by atoms with Crippen molar-refractivity contribution in [2.24, 2.45) is 11.8 Å². The van der Waals surface area contributed by atoms with Crippen LogP contribution in [0.25, 0.3) is 0 Å². The van der Waals surface area contributed by atoms with Crippen molar-refractivity contribution in [3.05, 3.63) is 0 Å². The van der Waals surface area contributed by atoms with Crippen molar-refractivity contribution in [1.29, 1.82) is 0 Å². The minimum atomic E-state index is -0.946. The molecule has 6 atom stereocenters. The predicted octanol–water partition coefficient (Wildman–Crippen LogP) is -1.92. The van der Waals surface area contributed by atoms with Crippen molar-refractivity contribution in [3.8, 4) is 0 Å². The third-order valence-corrected chi connectivity index (χ3v) is 2.97. The molecule has 0 aromatic heterocycles. The topological polar surface area (TPSA) is 80.9 Å². The van der Waals surface area contributed by atoms with Crippen LogP contribution in [0.3, 0.4) is 0 Å². The Bertz CT molecular complexity index is 168. The Balaban J connectivity index is 2.24. The summed E-state index contributed by atoms with van der Waals surface area (Å²) in [7, 11) is 0. The van der Waals surface area contributed by atoms with Gasteiger partial charge in [-0.05, 0) is 6.42 Å². The van der Waals surface area contributed by atoms with Gasteiger partial charge in [0, 0.05) is 11.8 Å². The van der Waals surface area contributed by atoms with Crippen LogP contribution in [0.4, 0.5) is 0 Å². The van der Waals surface area contributed by atoms with Crippen LogP contribution in [0.2, 0.25) is 0 Å². The van der Waals surface area contributed by atoms with Crippen LogP contribution in [-0.2, 0) is 0 Å². The van der Waals surface area contributed by atoms with Gasteiger partial charge in [-0.25, -0.2) is 0 Å². The predicted molar refractivity (Wildman–Crippen MR) is 35.6 cm³/mol. The first kappa shape index (κ1) is 7.49. The van der Waals surface area contributed by atoms with E-state index in [0.717, 1.165) is 0 Å². The Labute approximate surface area is 64.1 Å². The Hall–Kier alpha value is -0.160. The van der Waals surface area contributed by atoms with Gasteiger partial charge in [-0.2, -0.15) is 0 Å². The average molecular weight is 160 g/mol. The summed E-state index contributed by atoms with van der Waals surface area (Å²) in [5.74, 6) is -0.861. The maximum absolute atomic E-state index is 9.36. The molecule has 0 spiro atoms. The Morgan fingerprint density at radius 2 is 1.45 bits per heavy atom. The van der Waals surface area contributed by atoms with Gasteiger partial charge in [-0.1, -0.05) is 0 Å². The van der Waals surface area contributed by atoms with Crippen molar-refractivity contribution in [2.45, 2.75) is 30.8 Å². The quantitative estimate of drug-likeness (QED) is 0.333. The second-order valence-electron chi connectivity index (χ2n) is 3.52. The summed E-state index contributed by atoms with van der Waals surface area (Å²) >= 11 is 0. The van der Waals surface area contributed by atoms with Gasteiger partial charge in [0.25, 0.3) is 0 Å². The summed E-state index contributed by atoms with van der Waals surface area (Å²) in [6.45, 7) is 0. The molecule has 2 saturated carbocycles. The van der Waals surface area contributed by atoms with Crippen LogP contribution in [0, 0.1) is 11.8 Å². The molecule has 4 nitrogen and oxygen atoms in total. The standard InChI is InChI=1S/C7H12O4/c8-3-1-2-5(9)4(3)7(11)6(2)10/h2-11H,1H2/t2-,3+,4+,5+,6+,7+/m1/s1. The van der Waals surface area contributed by atoms with Crippen molar-refractivity contribution in [1.82, 2.24) is 0 Å². The highest BCUT2D eigenvalue weighted by Gasteiger charge is 2.57. The maximum atomic E-state index is 9.36. The smallest absolute Gasteiger partial charge is 0.0880 e. The molecule has 2 aliphatic rings. The molecule has 4 N–H and O–H groups in total. The van der Waals surface area contributed by atoms with E-state index in [-0.39, 0.29) is 5.92 Å². The van der Waals surface area contributed by atoms with Crippen molar-refractivity contribution in [3.63, 3.8) is 0 Å². The molecule has 4 heteroatoms. The van der Waals surface area contributed by atoms with Gasteiger partial charge in [0.2, 0.25) is 0 Å². The zero-order valence-electron chi connectivity index (χ0n) is 5.96. The molecule has 64 valence electrons. The van der Waals surface area contributed by atoms with E-state index in [1.54, 1.807) is 0 Å². The van der Waals surface area contributed by atoms with Crippen molar-refractivity contribution in [2.75, 3.05) is 0 Å². The molecular formula is C7H12O4. The Kier molecular flexibility index (Phi) is 1.47. The first-order valence-electron chi connectivity index (χ1n) is 3.85. The van der Waals surface area contributed by atoms with E-state index in [0.29, 0.717) is 6.42 Å². The van der Waals surface area contributed by atoms with E-state index < -0.39 is 30.3 Å². The summed E-state index contributed by atoms with van der Waals surface area (Å²) in [5, 5.41) is 37.1. The summed E-state index contributed by atoms with van der Waals surface area (Å²) in [5.41, 5.74) is 0. The molecule has 2 rings (SSSR count). The Morgan fingerprint density at radius 3 is 1.82 bits per heavy atom. The molecule has 2 fully saturated rings. The van der Waals surface area contributed by atoms with Crippen LogP contribution in [-0.4, -0.2) is 44.8 Å². The molecule has 0 saturated heterocycles. The number of hydrogen-bond acceptors (Lipinski definition) is 4. The number of rotatable bonds is 0. The third-order valence-electron chi connectivity index (χ3n) is 2.97. The van der Waals surface area contributed by atoms with E-state index in [1.165, 1.54) is 0 Å². The number of hydrogen-bond donors (Lipinski definition) is 4. The van der Waals surface area contributed by atoms with Gasteiger partial charge >= 0.3 is 0 Å². The molecule has 11 heavy (non-hydrogen) atoms. The molecular weight excluding hydrogens is 148 g/mol. The lowest BCUT2D eigenvalue weighted by atomic mass is 9.93. The van der Waals surface area contributed by atoms with Crippen molar-refractivity contribution < 1.29 is 20.4 Å². The van der Waals surface area contributed by atoms with Crippen LogP contribution in [0.5, 0.6) is 0 Å². The largest absolute Gasteiger partial charge is 0.393 e. The van der Waals surface area contributed by atoms with E-state index in [2.05, 4.69) is 0 Å². The summed E-state index contributed by atoms with van der Waals surface area (Å²) < 4.78 is 0. The third kappa shape index (κ3) is 0.780. The zero-order valence-corrected chi connectivity index (χ0v) is 5.96. The molecule has 2 aliphatic carbocycles. The highest BCUT2D eigenvalue weighted by atomic mass is 16.4. The Morgan fingerprint density at radius 1 is 0.818 bits per heavy atom. The fourth-order valence-corrected chi connectivity index (χ4v) is 2.34. The molecule has 0 unspecified atom stereocenters. The van der Waals surface area contributed by atoms with Gasteiger partial charge in [0.1, 0.15) is 0 Å². The summed E-state index contributed by atoms with van der Waals surface area (Å²) in [4.78, 5) is 0. The van der Waals surface area contributed by atoms with E-state index in [4.69, 9.17) is 0 Å². The highest BCUT2D eigenvalue weighted by Crippen LogP contribution is 2.44. The van der Waals surface area contributed by atoms with Gasteiger partial charge in [-0.3, -0.25) is 0 Å². The summed E-state index contributed by atoms with van der Waals surface area (Å²) in [6.07, 6.45) is -2.76. The second kappa shape index (κ2) is 2.17. The van der Waals surface area contributed by atoms with Gasteiger partial charge in [0.05, 0.1) is 24.4 Å². The van der Waals surface area contributed by atoms with Gasteiger partial charge in [-0.15, -0.1) is 0 Å². The van der Waals surface area contributed by atoms with E-state index in [9.17, 15) is 20.4 Å². The molecule has 0 aliphatic heterocycles. The SMILES string of the molecule is O[C@@H]1[C@@H](O)[C@@H]2[C@@H](O)[C@H]1C[C@@H]2O. The zero-order chi connectivity index (χ0) is 8.17. The van der Waals surface area contributed by atoms with Crippen LogP contribution in [0.15, 0.2) is 0 Å². The fraction of sp³-hybridized carbons (Fsp3) is 1.00. The lowest BCUT2D eigenvalue weighted by Gasteiger charge is -2.25. The molecule has 0 amide bonds. The molecule has 0 radical (unpaired) electrons. The maximum Gasteiger partial charge on any atom is 0.0880 e. The molecule has 0 aromatic carbocycles. The minimum Gasteiger partial charge on any atom is -0.393 e. The molecule has 2 bridgehead atoms. The highest BCUT2D eigenvalue weighted by molar-refractivity contribution is 5.07. The van der Waals surface area contributed by atoms with Crippen molar-refractivity contribution >= 4 is 0 Å². The second-order valence-corrected chi connectivity index (χ2v) is 3.52. The van der Waals surface area contributed by atoms with E-state index in [1.807, 2.05) is 0 Å². The molecule has 0 aromatic rings. The first-order valence-corrected chi connectivity index (χ1v) is 3.85. The van der Waals surface area contributed by atoms with Gasteiger partial charge < -0.3 is 20.4 Å². The number of fused-ring (bicyclic) bond motifs is 2. The molecule has 0 heterocycles. The monoisotopic (exact) mass is 160 g/mol.